The Morgan fingerprint density at radius 3 is 3.10 bits per heavy atom. The number of imidazole rings is 1. The average molecular weight is 277 g/mol. The molecule has 0 saturated carbocycles. The van der Waals surface area contributed by atoms with Gasteiger partial charge in [-0.1, -0.05) is 6.07 Å². The second-order valence-electron chi connectivity index (χ2n) is 4.72. The molecular formula is C15H11N5O. The number of rotatable bonds is 2. The highest BCUT2D eigenvalue weighted by Gasteiger charge is 2.11. The van der Waals surface area contributed by atoms with Gasteiger partial charge in [-0.25, -0.2) is 4.98 Å². The van der Waals surface area contributed by atoms with Crippen LogP contribution in [0.3, 0.4) is 0 Å². The van der Waals surface area contributed by atoms with Crippen molar-refractivity contribution < 1.29 is 4.79 Å². The summed E-state index contributed by atoms with van der Waals surface area (Å²) in [5.74, 6) is -0.235. The molecule has 4 aromatic rings. The van der Waals surface area contributed by atoms with Gasteiger partial charge >= 0.3 is 0 Å². The molecule has 3 heterocycles. The first-order valence-electron chi connectivity index (χ1n) is 6.48. The van der Waals surface area contributed by atoms with Gasteiger partial charge in [0.05, 0.1) is 11.7 Å². The lowest BCUT2D eigenvalue weighted by Gasteiger charge is -2.02. The third kappa shape index (κ3) is 2.02. The lowest BCUT2D eigenvalue weighted by Crippen LogP contribution is -2.12. The Kier molecular flexibility index (Phi) is 2.47. The van der Waals surface area contributed by atoms with Gasteiger partial charge in [0.25, 0.3) is 5.91 Å². The summed E-state index contributed by atoms with van der Waals surface area (Å²) in [5.41, 5.74) is 2.77. The number of pyridine rings is 1. The molecule has 4 rings (SSSR count). The summed E-state index contributed by atoms with van der Waals surface area (Å²) in [6, 6.07) is 11.2. The zero-order valence-corrected chi connectivity index (χ0v) is 10.9. The first-order valence-corrected chi connectivity index (χ1v) is 6.48. The van der Waals surface area contributed by atoms with Gasteiger partial charge in [0.1, 0.15) is 11.3 Å². The molecule has 6 heteroatoms. The lowest BCUT2D eigenvalue weighted by atomic mass is 10.2. The number of aromatic amines is 1. The van der Waals surface area contributed by atoms with E-state index >= 15 is 0 Å². The van der Waals surface area contributed by atoms with Crippen molar-refractivity contribution in [3.05, 3.63) is 60.7 Å². The van der Waals surface area contributed by atoms with E-state index in [0.29, 0.717) is 11.4 Å². The number of nitrogens with one attached hydrogen (secondary N) is 2. The quantitative estimate of drug-likeness (QED) is 0.591. The number of benzene rings is 1. The first-order chi connectivity index (χ1) is 10.3. The fourth-order valence-corrected chi connectivity index (χ4v) is 2.26. The fourth-order valence-electron chi connectivity index (χ4n) is 2.26. The van der Waals surface area contributed by atoms with Crippen molar-refractivity contribution in [2.75, 3.05) is 5.32 Å². The number of carbonyl (C=O) groups excluding carboxylic acids is 1. The third-order valence-electron chi connectivity index (χ3n) is 3.29. The van der Waals surface area contributed by atoms with Crippen LogP contribution in [0.2, 0.25) is 0 Å². The second-order valence-corrected chi connectivity index (χ2v) is 4.72. The van der Waals surface area contributed by atoms with Crippen LogP contribution in [0, 0.1) is 0 Å². The molecule has 0 aliphatic carbocycles. The standard InChI is InChI=1S/C15H11N5O/c21-15(13-9-20-6-2-1-3-14(20)18-13)17-11-4-5-12-10(7-11)8-16-19-12/h1-9H,(H,16,19)(H,17,21). The van der Waals surface area contributed by atoms with Crippen molar-refractivity contribution in [2.24, 2.45) is 0 Å². The maximum atomic E-state index is 12.2. The number of anilines is 1. The number of amides is 1. The zero-order chi connectivity index (χ0) is 14.2. The predicted molar refractivity (Wildman–Crippen MR) is 79.2 cm³/mol. The van der Waals surface area contributed by atoms with E-state index in [0.717, 1.165) is 16.6 Å². The maximum absolute atomic E-state index is 12.2. The van der Waals surface area contributed by atoms with E-state index in [4.69, 9.17) is 0 Å². The average Bonchev–Trinajstić information content (AvgIpc) is 3.13. The molecule has 0 spiro atoms. The molecule has 0 aliphatic rings. The van der Waals surface area contributed by atoms with Gasteiger partial charge in [0.2, 0.25) is 0 Å². The Bertz CT molecular complexity index is 920. The highest BCUT2D eigenvalue weighted by atomic mass is 16.1. The van der Waals surface area contributed by atoms with Crippen molar-refractivity contribution >= 4 is 28.1 Å². The van der Waals surface area contributed by atoms with Crippen molar-refractivity contribution in [2.45, 2.75) is 0 Å². The summed E-state index contributed by atoms with van der Waals surface area (Å²) in [6.45, 7) is 0. The van der Waals surface area contributed by atoms with Crippen molar-refractivity contribution in [1.82, 2.24) is 19.6 Å². The van der Waals surface area contributed by atoms with Crippen LogP contribution < -0.4 is 5.32 Å². The van der Waals surface area contributed by atoms with Crippen molar-refractivity contribution in [3.8, 4) is 0 Å². The van der Waals surface area contributed by atoms with Gasteiger partial charge in [0.15, 0.2) is 0 Å². The van der Waals surface area contributed by atoms with Crippen LogP contribution in [-0.4, -0.2) is 25.5 Å². The highest BCUT2D eigenvalue weighted by Crippen LogP contribution is 2.17. The smallest absolute Gasteiger partial charge is 0.275 e. The minimum absolute atomic E-state index is 0.235. The SMILES string of the molecule is O=C(Nc1ccc2[nH]ncc2c1)c1cn2ccccc2n1. The Labute approximate surface area is 119 Å². The Hall–Kier alpha value is -3.15. The molecule has 21 heavy (non-hydrogen) atoms. The lowest BCUT2D eigenvalue weighted by molar-refractivity contribution is 0.102. The molecule has 0 unspecified atom stereocenters. The van der Waals surface area contributed by atoms with Crippen LogP contribution in [0.25, 0.3) is 16.6 Å². The number of aromatic nitrogens is 4. The molecule has 0 saturated heterocycles. The van der Waals surface area contributed by atoms with Crippen LogP contribution >= 0.6 is 0 Å². The van der Waals surface area contributed by atoms with Crippen LogP contribution in [0.1, 0.15) is 10.5 Å². The Balaban J connectivity index is 1.64. The summed E-state index contributed by atoms with van der Waals surface area (Å²) in [6.07, 6.45) is 5.29. The van der Waals surface area contributed by atoms with Crippen LogP contribution in [0.15, 0.2) is 55.0 Å². The zero-order valence-electron chi connectivity index (χ0n) is 10.9. The summed E-state index contributed by atoms with van der Waals surface area (Å²) in [5, 5.41) is 10.6. The highest BCUT2D eigenvalue weighted by molar-refractivity contribution is 6.04. The summed E-state index contributed by atoms with van der Waals surface area (Å²) in [7, 11) is 0. The molecular weight excluding hydrogens is 266 g/mol. The molecule has 1 amide bonds. The minimum Gasteiger partial charge on any atom is -0.321 e. The van der Waals surface area contributed by atoms with Gasteiger partial charge in [0, 0.05) is 23.5 Å². The van der Waals surface area contributed by atoms with Crippen LogP contribution in [-0.2, 0) is 0 Å². The van der Waals surface area contributed by atoms with Crippen LogP contribution in [0.5, 0.6) is 0 Å². The van der Waals surface area contributed by atoms with Gasteiger partial charge in [-0.3, -0.25) is 9.89 Å². The van der Waals surface area contributed by atoms with E-state index in [9.17, 15) is 4.79 Å². The van der Waals surface area contributed by atoms with E-state index in [1.165, 1.54) is 0 Å². The Morgan fingerprint density at radius 1 is 1.24 bits per heavy atom. The fraction of sp³-hybridized carbons (Fsp3) is 0. The number of nitrogens with zero attached hydrogens (tertiary/aromatic N) is 3. The summed E-state index contributed by atoms with van der Waals surface area (Å²) < 4.78 is 1.81. The number of carbonyl (C=O) groups is 1. The van der Waals surface area contributed by atoms with E-state index < -0.39 is 0 Å². The normalized spacial score (nSPS) is 11.0. The topological polar surface area (TPSA) is 75.1 Å². The molecule has 102 valence electrons. The van der Waals surface area contributed by atoms with Crippen molar-refractivity contribution in [3.63, 3.8) is 0 Å². The third-order valence-corrected chi connectivity index (χ3v) is 3.29. The first kappa shape index (κ1) is 11.7. The number of fused-ring (bicyclic) bond motifs is 2. The monoisotopic (exact) mass is 277 g/mol. The summed E-state index contributed by atoms with van der Waals surface area (Å²) in [4.78, 5) is 16.5. The van der Waals surface area contributed by atoms with E-state index in [1.54, 1.807) is 12.4 Å². The second kappa shape index (κ2) is 4.45. The van der Waals surface area contributed by atoms with Gasteiger partial charge in [-0.05, 0) is 30.3 Å². The molecule has 0 atom stereocenters. The van der Waals surface area contributed by atoms with E-state index in [2.05, 4.69) is 20.5 Å². The number of hydrogen-bond donors (Lipinski definition) is 2. The molecule has 2 N–H and O–H groups in total. The van der Waals surface area contributed by atoms with E-state index in [-0.39, 0.29) is 5.91 Å². The Morgan fingerprint density at radius 2 is 2.19 bits per heavy atom. The molecule has 0 fully saturated rings. The number of hydrogen-bond acceptors (Lipinski definition) is 3. The largest absolute Gasteiger partial charge is 0.321 e. The van der Waals surface area contributed by atoms with Gasteiger partial charge in [-0.2, -0.15) is 5.10 Å². The van der Waals surface area contributed by atoms with Gasteiger partial charge < -0.3 is 9.72 Å². The molecule has 0 radical (unpaired) electrons. The van der Waals surface area contributed by atoms with E-state index in [1.807, 2.05) is 47.0 Å². The molecule has 0 aliphatic heterocycles. The maximum Gasteiger partial charge on any atom is 0.275 e. The molecule has 0 bridgehead atoms. The van der Waals surface area contributed by atoms with Crippen molar-refractivity contribution in [1.29, 1.82) is 0 Å². The van der Waals surface area contributed by atoms with Gasteiger partial charge in [-0.15, -0.1) is 0 Å². The number of H-pyrrole nitrogens is 1. The molecule has 3 aromatic heterocycles. The molecule has 1 aromatic carbocycles. The minimum atomic E-state index is -0.235. The van der Waals surface area contributed by atoms with Crippen LogP contribution in [0.4, 0.5) is 5.69 Å². The molecule has 6 nitrogen and oxygen atoms in total. The summed E-state index contributed by atoms with van der Waals surface area (Å²) >= 11 is 0. The predicted octanol–water partition coefficient (Wildman–Crippen LogP) is 2.46.